The molecule has 98 valence electrons. The molecular formula is C11H20N2O3S. The second kappa shape index (κ2) is 5.35. The van der Waals surface area contributed by atoms with Crippen LogP contribution in [0.5, 0.6) is 0 Å². The van der Waals surface area contributed by atoms with Crippen molar-refractivity contribution < 1.29 is 13.2 Å². The van der Waals surface area contributed by atoms with Crippen molar-refractivity contribution >= 4 is 15.7 Å². The van der Waals surface area contributed by atoms with Crippen molar-refractivity contribution in [3.8, 4) is 0 Å². The quantitative estimate of drug-likeness (QED) is 0.749. The summed E-state index contributed by atoms with van der Waals surface area (Å²) in [4.78, 5) is 13.6. The zero-order chi connectivity index (χ0) is 12.3. The average Bonchev–Trinajstić information content (AvgIpc) is 2.87. The Bertz CT molecular complexity index is 374. The Morgan fingerprint density at radius 3 is 2.59 bits per heavy atom. The highest BCUT2D eigenvalue weighted by atomic mass is 32.2. The fourth-order valence-corrected chi connectivity index (χ4v) is 4.36. The van der Waals surface area contributed by atoms with Crippen LogP contribution < -0.4 is 5.32 Å². The van der Waals surface area contributed by atoms with Crippen molar-refractivity contribution in [3.05, 3.63) is 0 Å². The zero-order valence-corrected chi connectivity index (χ0v) is 10.8. The molecule has 2 rings (SSSR count). The van der Waals surface area contributed by atoms with Gasteiger partial charge < -0.3 is 10.2 Å². The molecule has 0 aliphatic carbocycles. The van der Waals surface area contributed by atoms with Crippen LogP contribution in [0.2, 0.25) is 0 Å². The van der Waals surface area contributed by atoms with Crippen LogP contribution in [0.15, 0.2) is 0 Å². The zero-order valence-electron chi connectivity index (χ0n) is 10.0. The normalized spacial score (nSPS) is 27.5. The van der Waals surface area contributed by atoms with E-state index in [4.69, 9.17) is 0 Å². The predicted octanol–water partition coefficient (Wildman–Crippen LogP) is -0.367. The number of hydrogen-bond donors (Lipinski definition) is 1. The molecule has 0 aromatic heterocycles. The van der Waals surface area contributed by atoms with Crippen LogP contribution in [0, 0.1) is 5.92 Å². The molecule has 2 fully saturated rings. The number of nitrogens with one attached hydrogen (secondary N) is 1. The van der Waals surface area contributed by atoms with Crippen molar-refractivity contribution in [2.75, 3.05) is 37.7 Å². The summed E-state index contributed by atoms with van der Waals surface area (Å²) in [6.45, 7) is 2.73. The topological polar surface area (TPSA) is 66.5 Å². The Morgan fingerprint density at radius 1 is 1.29 bits per heavy atom. The maximum absolute atomic E-state index is 11.7. The number of likely N-dealkylation sites (tertiary alicyclic amines) is 1. The van der Waals surface area contributed by atoms with Crippen LogP contribution >= 0.6 is 0 Å². The van der Waals surface area contributed by atoms with E-state index in [9.17, 15) is 13.2 Å². The monoisotopic (exact) mass is 260 g/mol. The lowest BCUT2D eigenvalue weighted by Gasteiger charge is -2.16. The van der Waals surface area contributed by atoms with Gasteiger partial charge in [-0.3, -0.25) is 4.79 Å². The molecule has 0 bridgehead atoms. The Kier molecular flexibility index (Phi) is 4.04. The number of hydrogen-bond acceptors (Lipinski definition) is 4. The van der Waals surface area contributed by atoms with Crippen molar-refractivity contribution in [2.24, 2.45) is 5.92 Å². The fraction of sp³-hybridized carbons (Fsp3) is 0.909. The smallest absolute Gasteiger partial charge is 0.236 e. The van der Waals surface area contributed by atoms with Gasteiger partial charge in [0.05, 0.1) is 18.1 Å². The van der Waals surface area contributed by atoms with Gasteiger partial charge in [0, 0.05) is 13.1 Å². The highest BCUT2D eigenvalue weighted by Crippen LogP contribution is 2.17. The Balaban J connectivity index is 1.64. The minimum absolute atomic E-state index is 0.142. The summed E-state index contributed by atoms with van der Waals surface area (Å²) in [5.74, 6) is 0.909. The minimum Gasteiger partial charge on any atom is -0.342 e. The number of carbonyl (C=O) groups excluding carboxylic acids is 1. The largest absolute Gasteiger partial charge is 0.342 e. The second-order valence-corrected chi connectivity index (χ2v) is 7.22. The SMILES string of the molecule is O=C(CNCC1CCS(=O)(=O)C1)N1CCCC1. The molecule has 0 aromatic rings. The van der Waals surface area contributed by atoms with E-state index in [2.05, 4.69) is 5.32 Å². The first-order chi connectivity index (χ1) is 8.07. The van der Waals surface area contributed by atoms with Crippen molar-refractivity contribution in [1.29, 1.82) is 0 Å². The van der Waals surface area contributed by atoms with E-state index in [0.717, 1.165) is 32.4 Å². The second-order valence-electron chi connectivity index (χ2n) is 4.99. The lowest BCUT2D eigenvalue weighted by molar-refractivity contribution is -0.129. The fourth-order valence-electron chi connectivity index (χ4n) is 2.49. The van der Waals surface area contributed by atoms with Crippen LogP contribution in [0.1, 0.15) is 19.3 Å². The maximum atomic E-state index is 11.7. The van der Waals surface area contributed by atoms with Crippen LogP contribution in [-0.2, 0) is 14.6 Å². The number of sulfone groups is 1. The molecule has 2 saturated heterocycles. The molecule has 1 unspecified atom stereocenters. The first kappa shape index (κ1) is 12.8. The molecule has 0 radical (unpaired) electrons. The Morgan fingerprint density at radius 2 is 2.00 bits per heavy atom. The van der Waals surface area contributed by atoms with E-state index < -0.39 is 9.84 Å². The summed E-state index contributed by atoms with van der Waals surface area (Å²) in [5.41, 5.74) is 0. The van der Waals surface area contributed by atoms with Crippen molar-refractivity contribution in [2.45, 2.75) is 19.3 Å². The Hall–Kier alpha value is -0.620. The van der Waals surface area contributed by atoms with Gasteiger partial charge in [-0.2, -0.15) is 0 Å². The van der Waals surface area contributed by atoms with Gasteiger partial charge in [0.15, 0.2) is 9.84 Å². The van der Waals surface area contributed by atoms with E-state index in [1.54, 1.807) is 0 Å². The van der Waals surface area contributed by atoms with Crippen LogP contribution in [0.3, 0.4) is 0 Å². The van der Waals surface area contributed by atoms with Gasteiger partial charge in [-0.1, -0.05) is 0 Å². The molecular weight excluding hydrogens is 240 g/mol. The molecule has 0 aromatic carbocycles. The molecule has 17 heavy (non-hydrogen) atoms. The highest BCUT2D eigenvalue weighted by Gasteiger charge is 2.27. The van der Waals surface area contributed by atoms with Crippen LogP contribution in [-0.4, -0.2) is 56.9 Å². The molecule has 1 atom stereocenters. The summed E-state index contributed by atoms with van der Waals surface area (Å²) < 4.78 is 22.5. The molecule has 2 aliphatic heterocycles. The van der Waals surface area contributed by atoms with Gasteiger partial charge in [-0.15, -0.1) is 0 Å². The van der Waals surface area contributed by atoms with Crippen LogP contribution in [0.4, 0.5) is 0 Å². The summed E-state index contributed by atoms with van der Waals surface area (Å²) >= 11 is 0. The molecule has 5 nitrogen and oxygen atoms in total. The summed E-state index contributed by atoms with van der Waals surface area (Å²) in [5, 5.41) is 3.09. The first-order valence-corrected chi connectivity index (χ1v) is 8.08. The third-order valence-electron chi connectivity index (χ3n) is 3.49. The molecule has 1 amide bonds. The van der Waals surface area contributed by atoms with Gasteiger partial charge in [-0.05, 0) is 31.7 Å². The number of carbonyl (C=O) groups is 1. The summed E-state index contributed by atoms with van der Waals surface area (Å²) in [7, 11) is -2.80. The van der Waals surface area contributed by atoms with Gasteiger partial charge in [-0.25, -0.2) is 8.42 Å². The van der Waals surface area contributed by atoms with Gasteiger partial charge in [0.2, 0.25) is 5.91 Å². The van der Waals surface area contributed by atoms with Crippen LogP contribution in [0.25, 0.3) is 0 Å². The maximum Gasteiger partial charge on any atom is 0.236 e. The number of amides is 1. The standard InChI is InChI=1S/C11H20N2O3S/c14-11(13-4-1-2-5-13)8-12-7-10-3-6-17(15,16)9-10/h10,12H,1-9H2. The molecule has 1 N–H and O–H groups in total. The lowest BCUT2D eigenvalue weighted by Crippen LogP contribution is -2.38. The number of rotatable bonds is 4. The third-order valence-corrected chi connectivity index (χ3v) is 5.33. The molecule has 2 aliphatic rings. The molecule has 0 spiro atoms. The van der Waals surface area contributed by atoms with E-state index >= 15 is 0 Å². The van der Waals surface area contributed by atoms with E-state index in [1.165, 1.54) is 0 Å². The lowest BCUT2D eigenvalue weighted by atomic mass is 10.1. The minimum atomic E-state index is -2.80. The van der Waals surface area contributed by atoms with Gasteiger partial charge in [0.25, 0.3) is 0 Å². The predicted molar refractivity (Wildman–Crippen MR) is 65.4 cm³/mol. The van der Waals surface area contributed by atoms with Gasteiger partial charge in [0.1, 0.15) is 0 Å². The molecule has 6 heteroatoms. The first-order valence-electron chi connectivity index (χ1n) is 6.26. The summed E-state index contributed by atoms with van der Waals surface area (Å²) in [6, 6.07) is 0. The molecule has 0 saturated carbocycles. The van der Waals surface area contributed by atoms with E-state index in [-0.39, 0.29) is 17.6 Å². The van der Waals surface area contributed by atoms with Crippen molar-refractivity contribution in [1.82, 2.24) is 10.2 Å². The van der Waals surface area contributed by atoms with Crippen molar-refractivity contribution in [3.63, 3.8) is 0 Å². The van der Waals surface area contributed by atoms with E-state index in [0.29, 0.717) is 18.8 Å². The Labute approximate surface area is 102 Å². The average molecular weight is 260 g/mol. The summed E-state index contributed by atoms with van der Waals surface area (Å²) in [6.07, 6.45) is 2.94. The highest BCUT2D eigenvalue weighted by molar-refractivity contribution is 7.91. The number of nitrogens with zero attached hydrogens (tertiary/aromatic N) is 1. The molecule has 2 heterocycles. The van der Waals surface area contributed by atoms with Gasteiger partial charge >= 0.3 is 0 Å². The third kappa shape index (κ3) is 3.67. The van der Waals surface area contributed by atoms with E-state index in [1.807, 2.05) is 4.90 Å².